The molecule has 0 bridgehead atoms. The number of rotatable bonds is 7. The molecule has 184 valence electrons. The van der Waals surface area contributed by atoms with Gasteiger partial charge in [-0.25, -0.2) is 14.4 Å². The zero-order valence-corrected chi connectivity index (χ0v) is 21.3. The molecule has 0 aliphatic heterocycles. The third kappa shape index (κ3) is 6.05. The molecule has 1 aromatic heterocycles. The molecule has 3 aromatic rings. The SMILES string of the molecule is CCC[C@@H](NC(=O)c1ccc(-c2nc(C3CCC(O)CC3)cnc2N)cc1F)c1cccc(Br)c1. The predicted octanol–water partition coefficient (Wildman–Crippen LogP) is 5.92. The number of amides is 1. The second kappa shape index (κ2) is 11.3. The first-order valence-electron chi connectivity index (χ1n) is 12.0. The van der Waals surface area contributed by atoms with Gasteiger partial charge in [-0.15, -0.1) is 0 Å². The van der Waals surface area contributed by atoms with Gasteiger partial charge in [0.15, 0.2) is 0 Å². The molecule has 0 unspecified atom stereocenters. The van der Waals surface area contributed by atoms with Crippen molar-refractivity contribution < 1.29 is 14.3 Å². The number of carbonyl (C=O) groups excluding carboxylic acids is 1. The van der Waals surface area contributed by atoms with Crippen molar-refractivity contribution in [1.82, 2.24) is 15.3 Å². The first-order valence-corrected chi connectivity index (χ1v) is 12.8. The lowest BCUT2D eigenvalue weighted by atomic mass is 9.85. The first kappa shape index (κ1) is 25.3. The minimum Gasteiger partial charge on any atom is -0.393 e. The minimum atomic E-state index is -0.642. The first-order chi connectivity index (χ1) is 16.9. The van der Waals surface area contributed by atoms with E-state index >= 15 is 4.39 Å². The van der Waals surface area contributed by atoms with Gasteiger partial charge in [0.2, 0.25) is 0 Å². The number of hydrogen-bond acceptors (Lipinski definition) is 5. The van der Waals surface area contributed by atoms with Gasteiger partial charge in [-0.1, -0.05) is 47.5 Å². The van der Waals surface area contributed by atoms with Gasteiger partial charge < -0.3 is 16.2 Å². The molecule has 1 saturated carbocycles. The highest BCUT2D eigenvalue weighted by Crippen LogP contribution is 2.34. The molecule has 1 fully saturated rings. The molecule has 1 aliphatic carbocycles. The molecule has 8 heteroatoms. The van der Waals surface area contributed by atoms with Gasteiger partial charge >= 0.3 is 0 Å². The Balaban J connectivity index is 1.55. The zero-order valence-electron chi connectivity index (χ0n) is 19.7. The smallest absolute Gasteiger partial charge is 0.254 e. The number of benzene rings is 2. The topological polar surface area (TPSA) is 101 Å². The molecule has 35 heavy (non-hydrogen) atoms. The fraction of sp³-hybridized carbons (Fsp3) is 0.370. The van der Waals surface area contributed by atoms with Crippen LogP contribution in [0, 0.1) is 5.82 Å². The molecule has 1 aliphatic rings. The summed E-state index contributed by atoms with van der Waals surface area (Å²) in [6.45, 7) is 2.04. The standard InChI is InChI=1S/C27H30BrFN4O2/c1-2-4-23(17-5-3-6-19(28)13-17)33-27(35)21-12-9-18(14-22(21)29)25-26(30)31-15-24(32-25)16-7-10-20(34)11-8-16/h3,5-6,9,12-16,20,23,34H,2,4,7-8,10-11H2,1H3,(H2,30,31)(H,33,35)/t16?,20?,23-/m1/s1. The van der Waals surface area contributed by atoms with Crippen LogP contribution in [0.4, 0.5) is 10.2 Å². The fourth-order valence-corrected chi connectivity index (χ4v) is 5.03. The Hall–Kier alpha value is -2.84. The number of aliphatic hydroxyl groups is 1. The summed E-state index contributed by atoms with van der Waals surface area (Å²) in [5.41, 5.74) is 8.67. The van der Waals surface area contributed by atoms with Crippen molar-refractivity contribution in [2.24, 2.45) is 0 Å². The Kier molecular flexibility index (Phi) is 8.13. The average Bonchev–Trinajstić information content (AvgIpc) is 2.84. The largest absolute Gasteiger partial charge is 0.393 e. The van der Waals surface area contributed by atoms with Crippen molar-refractivity contribution in [2.45, 2.75) is 63.5 Å². The Morgan fingerprint density at radius 3 is 2.69 bits per heavy atom. The van der Waals surface area contributed by atoms with Gasteiger partial charge in [0.1, 0.15) is 17.3 Å². The van der Waals surface area contributed by atoms with Crippen LogP contribution in [-0.4, -0.2) is 27.1 Å². The van der Waals surface area contributed by atoms with Crippen LogP contribution >= 0.6 is 15.9 Å². The van der Waals surface area contributed by atoms with E-state index in [1.807, 2.05) is 31.2 Å². The van der Waals surface area contributed by atoms with Crippen LogP contribution in [0.5, 0.6) is 0 Å². The number of anilines is 1. The minimum absolute atomic E-state index is 0.0335. The second-order valence-corrected chi connectivity index (χ2v) is 10.0. The highest BCUT2D eigenvalue weighted by atomic mass is 79.9. The molecule has 4 rings (SSSR count). The van der Waals surface area contributed by atoms with Gasteiger partial charge in [0.25, 0.3) is 5.91 Å². The van der Waals surface area contributed by atoms with Crippen molar-refractivity contribution in [3.8, 4) is 11.3 Å². The third-order valence-electron chi connectivity index (χ3n) is 6.56. The summed E-state index contributed by atoms with van der Waals surface area (Å²) in [6, 6.07) is 11.9. The van der Waals surface area contributed by atoms with Crippen molar-refractivity contribution in [1.29, 1.82) is 0 Å². The molecular formula is C27H30BrFN4O2. The van der Waals surface area contributed by atoms with Crippen LogP contribution in [-0.2, 0) is 0 Å². The van der Waals surface area contributed by atoms with E-state index in [0.29, 0.717) is 11.3 Å². The van der Waals surface area contributed by atoms with Crippen LogP contribution < -0.4 is 11.1 Å². The van der Waals surface area contributed by atoms with E-state index in [1.165, 1.54) is 12.1 Å². The Bertz CT molecular complexity index is 1200. The van der Waals surface area contributed by atoms with E-state index < -0.39 is 11.7 Å². The van der Waals surface area contributed by atoms with Gasteiger partial charge in [0.05, 0.1) is 29.6 Å². The molecule has 0 saturated heterocycles. The van der Waals surface area contributed by atoms with Crippen LogP contribution in [0.3, 0.4) is 0 Å². The summed E-state index contributed by atoms with van der Waals surface area (Å²) < 4.78 is 16.1. The number of nitrogen functional groups attached to an aromatic ring is 1. The number of aliphatic hydroxyl groups excluding tert-OH is 1. The van der Waals surface area contributed by atoms with Gasteiger partial charge in [-0.3, -0.25) is 4.79 Å². The second-order valence-electron chi connectivity index (χ2n) is 9.10. The molecular weight excluding hydrogens is 511 g/mol. The zero-order chi connectivity index (χ0) is 24.9. The van der Waals surface area contributed by atoms with Crippen LogP contribution in [0.1, 0.15) is 79.0 Å². The predicted molar refractivity (Wildman–Crippen MR) is 138 cm³/mol. The highest BCUT2D eigenvalue weighted by Gasteiger charge is 2.24. The number of carbonyl (C=O) groups is 1. The van der Waals surface area contributed by atoms with Crippen molar-refractivity contribution in [3.05, 3.63) is 75.8 Å². The van der Waals surface area contributed by atoms with Crippen LogP contribution in [0.2, 0.25) is 0 Å². The van der Waals surface area contributed by atoms with E-state index in [-0.39, 0.29) is 29.4 Å². The number of aromatic nitrogens is 2. The summed E-state index contributed by atoms with van der Waals surface area (Å²) in [5, 5.41) is 12.8. The molecule has 0 radical (unpaired) electrons. The highest BCUT2D eigenvalue weighted by molar-refractivity contribution is 9.10. The van der Waals surface area contributed by atoms with Crippen molar-refractivity contribution in [3.63, 3.8) is 0 Å². The number of halogens is 2. The Labute approximate surface area is 213 Å². The van der Waals surface area contributed by atoms with E-state index in [9.17, 15) is 9.90 Å². The lowest BCUT2D eigenvalue weighted by molar-refractivity contribution is 0.0930. The quantitative estimate of drug-likeness (QED) is 0.345. The lowest BCUT2D eigenvalue weighted by Crippen LogP contribution is -2.29. The van der Waals surface area contributed by atoms with E-state index in [4.69, 9.17) is 5.73 Å². The summed E-state index contributed by atoms with van der Waals surface area (Å²) in [4.78, 5) is 21.9. The van der Waals surface area contributed by atoms with E-state index in [0.717, 1.165) is 54.3 Å². The maximum absolute atomic E-state index is 15.1. The van der Waals surface area contributed by atoms with E-state index in [2.05, 4.69) is 31.2 Å². The number of hydrogen-bond donors (Lipinski definition) is 3. The average molecular weight is 541 g/mol. The summed E-state index contributed by atoms with van der Waals surface area (Å²) in [5.74, 6) is -0.717. The van der Waals surface area contributed by atoms with Crippen molar-refractivity contribution >= 4 is 27.7 Å². The third-order valence-corrected chi connectivity index (χ3v) is 7.05. The number of nitrogens with zero attached hydrogens (tertiary/aromatic N) is 2. The van der Waals surface area contributed by atoms with Gasteiger partial charge in [-0.05, 0) is 61.9 Å². The molecule has 1 amide bonds. The normalized spacial score (nSPS) is 18.7. The number of nitrogens with two attached hydrogens (primary N) is 1. The summed E-state index contributed by atoms with van der Waals surface area (Å²) in [6.07, 6.45) is 6.10. The monoisotopic (exact) mass is 540 g/mol. The fourth-order valence-electron chi connectivity index (χ4n) is 4.61. The molecule has 1 heterocycles. The summed E-state index contributed by atoms with van der Waals surface area (Å²) in [7, 11) is 0. The van der Waals surface area contributed by atoms with Gasteiger partial charge in [0, 0.05) is 16.0 Å². The molecule has 1 atom stereocenters. The van der Waals surface area contributed by atoms with Gasteiger partial charge in [-0.2, -0.15) is 0 Å². The van der Waals surface area contributed by atoms with Crippen molar-refractivity contribution in [2.75, 3.05) is 5.73 Å². The van der Waals surface area contributed by atoms with Crippen LogP contribution in [0.15, 0.2) is 53.1 Å². The Morgan fingerprint density at radius 1 is 1.23 bits per heavy atom. The molecule has 6 nitrogen and oxygen atoms in total. The van der Waals surface area contributed by atoms with E-state index in [1.54, 1.807) is 12.3 Å². The maximum Gasteiger partial charge on any atom is 0.254 e. The molecule has 0 spiro atoms. The maximum atomic E-state index is 15.1. The Morgan fingerprint density at radius 2 is 2.00 bits per heavy atom. The molecule has 2 aromatic carbocycles. The number of nitrogens with one attached hydrogen (secondary N) is 1. The summed E-state index contributed by atoms with van der Waals surface area (Å²) >= 11 is 3.47. The van der Waals surface area contributed by atoms with Crippen LogP contribution in [0.25, 0.3) is 11.3 Å². The molecule has 4 N–H and O–H groups in total. The lowest BCUT2D eigenvalue weighted by Gasteiger charge is -2.25.